The van der Waals surface area contributed by atoms with Crippen molar-refractivity contribution in [2.24, 2.45) is 5.92 Å². The molecule has 2 heterocycles. The number of aliphatic carboxylic acids is 1. The Morgan fingerprint density at radius 2 is 2.19 bits per heavy atom. The summed E-state index contributed by atoms with van der Waals surface area (Å²) < 4.78 is 0.530. The average Bonchev–Trinajstić information content (AvgIpc) is 3.05. The third-order valence-corrected chi connectivity index (χ3v) is 4.85. The zero-order chi connectivity index (χ0) is 15.6. The molecule has 1 fully saturated rings. The van der Waals surface area contributed by atoms with E-state index >= 15 is 0 Å². The lowest BCUT2D eigenvalue weighted by Gasteiger charge is -2.24. The molecular formula is C14H16ClNO4S. The molecule has 5 nitrogen and oxygen atoms in total. The lowest BCUT2D eigenvalue weighted by Crippen LogP contribution is -2.43. The van der Waals surface area contributed by atoms with Gasteiger partial charge in [-0.15, -0.1) is 11.3 Å². The maximum absolute atomic E-state index is 12.3. The molecule has 0 radical (unpaired) electrons. The van der Waals surface area contributed by atoms with E-state index in [9.17, 15) is 14.4 Å². The van der Waals surface area contributed by atoms with Gasteiger partial charge in [-0.25, -0.2) is 4.79 Å². The number of nitrogens with zero attached hydrogens (tertiary/aromatic N) is 1. The van der Waals surface area contributed by atoms with Crippen LogP contribution in [0, 0.1) is 5.92 Å². The largest absolute Gasteiger partial charge is 0.480 e. The van der Waals surface area contributed by atoms with Crippen LogP contribution in [0.2, 0.25) is 4.34 Å². The summed E-state index contributed by atoms with van der Waals surface area (Å²) in [5.74, 6) is -1.92. The van der Waals surface area contributed by atoms with Crippen molar-refractivity contribution in [1.82, 2.24) is 4.90 Å². The van der Waals surface area contributed by atoms with Crippen molar-refractivity contribution in [2.45, 2.75) is 32.2 Å². The van der Waals surface area contributed by atoms with Crippen LogP contribution in [0.15, 0.2) is 12.1 Å². The number of ketones is 1. The highest BCUT2D eigenvalue weighted by Gasteiger charge is 2.36. The lowest BCUT2D eigenvalue weighted by molar-refractivity contribution is -0.149. The van der Waals surface area contributed by atoms with Crippen molar-refractivity contribution >= 4 is 40.6 Å². The van der Waals surface area contributed by atoms with Gasteiger partial charge in [0.2, 0.25) is 5.91 Å². The number of carboxylic acid groups (broad SMARTS) is 1. The summed E-state index contributed by atoms with van der Waals surface area (Å²) in [6.45, 7) is 2.10. The second-order valence-corrected chi connectivity index (χ2v) is 6.88. The van der Waals surface area contributed by atoms with Gasteiger partial charge in [0.15, 0.2) is 5.78 Å². The minimum Gasteiger partial charge on any atom is -0.480 e. The van der Waals surface area contributed by atoms with Crippen LogP contribution < -0.4 is 0 Å². The van der Waals surface area contributed by atoms with Gasteiger partial charge in [0.05, 0.1) is 9.21 Å². The van der Waals surface area contributed by atoms with Crippen LogP contribution in [-0.4, -0.2) is 40.3 Å². The molecule has 1 aromatic rings. The second kappa shape index (κ2) is 6.58. The van der Waals surface area contributed by atoms with Gasteiger partial charge >= 0.3 is 5.97 Å². The van der Waals surface area contributed by atoms with Gasteiger partial charge < -0.3 is 10.0 Å². The fraction of sp³-hybridized carbons (Fsp3) is 0.500. The molecule has 21 heavy (non-hydrogen) atoms. The molecule has 2 atom stereocenters. The first-order chi connectivity index (χ1) is 9.90. The number of carbonyl (C=O) groups is 3. The van der Waals surface area contributed by atoms with Gasteiger partial charge in [0.1, 0.15) is 6.04 Å². The Morgan fingerprint density at radius 3 is 2.76 bits per heavy atom. The van der Waals surface area contributed by atoms with Crippen LogP contribution >= 0.6 is 22.9 Å². The number of amides is 1. The standard InChI is InChI=1S/C14H16ClNO4S/c1-8(7-10(17)11-4-5-12(15)21-11)13(18)16-6-2-3-9(16)14(19)20/h4-5,8-9H,2-3,6-7H2,1H3,(H,19,20)/t8-,9+/m1/s1. The highest BCUT2D eigenvalue weighted by molar-refractivity contribution is 7.18. The van der Waals surface area contributed by atoms with E-state index in [2.05, 4.69) is 0 Å². The molecule has 2 rings (SSSR count). The Bertz CT molecular complexity index is 571. The molecule has 7 heteroatoms. The Labute approximate surface area is 131 Å². The number of thiophene rings is 1. The second-order valence-electron chi connectivity index (χ2n) is 5.16. The summed E-state index contributed by atoms with van der Waals surface area (Å²) in [4.78, 5) is 37.4. The molecule has 0 bridgehead atoms. The number of halogens is 1. The van der Waals surface area contributed by atoms with Crippen LogP contribution in [0.3, 0.4) is 0 Å². The number of hydrogen-bond donors (Lipinski definition) is 1. The molecule has 1 N–H and O–H groups in total. The van der Waals surface area contributed by atoms with Crippen LogP contribution in [0.5, 0.6) is 0 Å². The summed E-state index contributed by atoms with van der Waals surface area (Å²) in [7, 11) is 0. The van der Waals surface area contributed by atoms with E-state index in [0.29, 0.717) is 28.6 Å². The minimum atomic E-state index is -0.982. The predicted molar refractivity (Wildman–Crippen MR) is 79.8 cm³/mol. The zero-order valence-corrected chi connectivity index (χ0v) is 13.1. The smallest absolute Gasteiger partial charge is 0.326 e. The first-order valence-electron chi connectivity index (χ1n) is 6.72. The summed E-state index contributed by atoms with van der Waals surface area (Å²) in [6, 6.07) is 2.53. The molecule has 1 saturated heterocycles. The van der Waals surface area contributed by atoms with Crippen molar-refractivity contribution in [1.29, 1.82) is 0 Å². The summed E-state index contributed by atoms with van der Waals surface area (Å²) >= 11 is 6.97. The van der Waals surface area contributed by atoms with E-state index in [1.165, 1.54) is 16.2 Å². The van der Waals surface area contributed by atoms with Crippen LogP contribution in [0.25, 0.3) is 0 Å². The van der Waals surface area contributed by atoms with Gasteiger partial charge in [0.25, 0.3) is 0 Å². The van der Waals surface area contributed by atoms with Gasteiger partial charge in [0, 0.05) is 18.9 Å². The Morgan fingerprint density at radius 1 is 1.48 bits per heavy atom. The molecule has 1 amide bonds. The van der Waals surface area contributed by atoms with Crippen molar-refractivity contribution in [3.63, 3.8) is 0 Å². The molecular weight excluding hydrogens is 314 g/mol. The van der Waals surface area contributed by atoms with E-state index in [1.807, 2.05) is 0 Å². The molecule has 0 aromatic carbocycles. The van der Waals surface area contributed by atoms with Crippen LogP contribution in [-0.2, 0) is 9.59 Å². The molecule has 0 spiro atoms. The number of likely N-dealkylation sites (tertiary alicyclic amines) is 1. The van der Waals surface area contributed by atoms with E-state index < -0.39 is 17.9 Å². The maximum Gasteiger partial charge on any atom is 0.326 e. The van der Waals surface area contributed by atoms with Gasteiger partial charge in [-0.2, -0.15) is 0 Å². The topological polar surface area (TPSA) is 74.7 Å². The molecule has 1 aromatic heterocycles. The van der Waals surface area contributed by atoms with E-state index in [0.717, 1.165) is 0 Å². The number of rotatable bonds is 5. The van der Waals surface area contributed by atoms with E-state index in [-0.39, 0.29) is 18.1 Å². The molecule has 0 saturated carbocycles. The number of carboxylic acids is 1. The van der Waals surface area contributed by atoms with Crippen molar-refractivity contribution in [3.05, 3.63) is 21.3 Å². The van der Waals surface area contributed by atoms with Gasteiger partial charge in [-0.05, 0) is 25.0 Å². The number of carbonyl (C=O) groups excluding carboxylic acids is 2. The normalized spacial score (nSPS) is 19.5. The fourth-order valence-electron chi connectivity index (χ4n) is 2.50. The highest BCUT2D eigenvalue weighted by Crippen LogP contribution is 2.25. The van der Waals surface area contributed by atoms with Crippen molar-refractivity contribution in [3.8, 4) is 0 Å². The summed E-state index contributed by atoms with van der Waals surface area (Å²) in [5.41, 5.74) is 0. The Hall–Kier alpha value is -1.40. The molecule has 114 valence electrons. The molecule has 1 aliphatic rings. The third-order valence-electron chi connectivity index (χ3n) is 3.58. The monoisotopic (exact) mass is 329 g/mol. The van der Waals surface area contributed by atoms with Gasteiger partial charge in [-0.3, -0.25) is 9.59 Å². The Kier molecular flexibility index (Phi) is 5.00. The third kappa shape index (κ3) is 3.63. The van der Waals surface area contributed by atoms with Crippen LogP contribution in [0.4, 0.5) is 0 Å². The van der Waals surface area contributed by atoms with Crippen LogP contribution in [0.1, 0.15) is 35.9 Å². The molecule has 0 aliphatic carbocycles. The quantitative estimate of drug-likeness (QED) is 0.843. The zero-order valence-electron chi connectivity index (χ0n) is 11.5. The first kappa shape index (κ1) is 16.0. The average molecular weight is 330 g/mol. The lowest BCUT2D eigenvalue weighted by atomic mass is 10.0. The maximum atomic E-state index is 12.3. The molecule has 1 aliphatic heterocycles. The first-order valence-corrected chi connectivity index (χ1v) is 7.91. The van der Waals surface area contributed by atoms with Crippen molar-refractivity contribution in [2.75, 3.05) is 6.54 Å². The van der Waals surface area contributed by atoms with Crippen molar-refractivity contribution < 1.29 is 19.5 Å². The predicted octanol–water partition coefficient (Wildman–Crippen LogP) is 2.69. The van der Waals surface area contributed by atoms with E-state index in [4.69, 9.17) is 16.7 Å². The Balaban J connectivity index is 1.99. The molecule has 0 unspecified atom stereocenters. The number of Topliss-reactive ketones (excluding diaryl/α,β-unsaturated/α-hetero) is 1. The summed E-state index contributed by atoms with van der Waals surface area (Å²) in [5, 5.41) is 9.10. The van der Waals surface area contributed by atoms with E-state index in [1.54, 1.807) is 19.1 Å². The SMILES string of the molecule is C[C@H](CC(=O)c1ccc(Cl)s1)C(=O)N1CCC[C@H]1C(=O)O. The fourth-order valence-corrected chi connectivity index (χ4v) is 3.49. The summed E-state index contributed by atoms with van der Waals surface area (Å²) in [6.07, 6.45) is 1.23. The van der Waals surface area contributed by atoms with Gasteiger partial charge in [-0.1, -0.05) is 18.5 Å². The minimum absolute atomic E-state index is 0.0680. The highest BCUT2D eigenvalue weighted by atomic mass is 35.5. The number of hydrogen-bond acceptors (Lipinski definition) is 4.